The van der Waals surface area contributed by atoms with Gasteiger partial charge in [0.15, 0.2) is 11.9 Å². The first kappa shape index (κ1) is 21.8. The van der Waals surface area contributed by atoms with Crippen molar-refractivity contribution in [2.75, 3.05) is 13.2 Å². The summed E-state index contributed by atoms with van der Waals surface area (Å²) in [6, 6.07) is 14.3. The number of hydrogen-bond acceptors (Lipinski definition) is 5. The van der Waals surface area contributed by atoms with Crippen molar-refractivity contribution in [1.82, 2.24) is 14.8 Å². The molecule has 2 aliphatic heterocycles. The molecule has 5 rings (SSSR count). The second-order valence-electron chi connectivity index (χ2n) is 8.10. The molecular formula is C25H22FN3O5. The average molecular weight is 463 g/mol. The summed E-state index contributed by atoms with van der Waals surface area (Å²) in [5.41, 5.74) is -0.0778. The van der Waals surface area contributed by atoms with E-state index in [0.29, 0.717) is 30.9 Å². The number of carbonyl (C=O) groups is 2. The predicted molar refractivity (Wildman–Crippen MR) is 120 cm³/mol. The lowest BCUT2D eigenvalue weighted by Crippen LogP contribution is -2.53. The van der Waals surface area contributed by atoms with Gasteiger partial charge in [-0.3, -0.25) is 14.4 Å². The zero-order chi connectivity index (χ0) is 23.7. The smallest absolute Gasteiger partial charge is 0.276 e. The molecule has 1 atom stereocenters. The normalized spacial score (nSPS) is 17.0. The van der Waals surface area contributed by atoms with Gasteiger partial charge in [0.2, 0.25) is 11.2 Å². The average Bonchev–Trinajstić information content (AvgIpc) is 2.86. The van der Waals surface area contributed by atoms with Crippen molar-refractivity contribution in [2.45, 2.75) is 25.7 Å². The number of carbonyl (C=O) groups excluding carboxylic acids is 2. The molecule has 2 amide bonds. The molecule has 3 heterocycles. The van der Waals surface area contributed by atoms with E-state index in [9.17, 15) is 18.8 Å². The minimum absolute atomic E-state index is 0.0886. The van der Waals surface area contributed by atoms with Crippen LogP contribution in [0.2, 0.25) is 0 Å². The van der Waals surface area contributed by atoms with E-state index in [1.165, 1.54) is 18.3 Å². The molecule has 1 saturated heterocycles. The van der Waals surface area contributed by atoms with Gasteiger partial charge in [-0.1, -0.05) is 30.3 Å². The third-order valence-corrected chi connectivity index (χ3v) is 5.83. The van der Waals surface area contributed by atoms with Crippen molar-refractivity contribution in [3.8, 4) is 11.5 Å². The number of benzene rings is 2. The Kier molecular flexibility index (Phi) is 5.85. The summed E-state index contributed by atoms with van der Waals surface area (Å²) in [6.45, 7) is 1.42. The topological polar surface area (TPSA) is 89.9 Å². The van der Waals surface area contributed by atoms with Crippen LogP contribution in [0.1, 0.15) is 32.8 Å². The number of hydrogen-bond donors (Lipinski definition) is 1. The fourth-order valence-electron chi connectivity index (χ4n) is 4.12. The molecule has 8 nitrogen and oxygen atoms in total. The Morgan fingerprint density at radius 2 is 1.88 bits per heavy atom. The summed E-state index contributed by atoms with van der Waals surface area (Å²) in [5, 5.41) is 2.68. The minimum Gasteiger partial charge on any atom is -0.451 e. The first-order valence-corrected chi connectivity index (χ1v) is 11.0. The molecule has 1 N–H and O–H groups in total. The summed E-state index contributed by atoms with van der Waals surface area (Å²) in [4.78, 5) is 41.3. The highest BCUT2D eigenvalue weighted by molar-refractivity contribution is 5.99. The van der Waals surface area contributed by atoms with Crippen molar-refractivity contribution in [3.05, 3.63) is 93.7 Å². The molecule has 9 heteroatoms. The van der Waals surface area contributed by atoms with Crippen LogP contribution in [0, 0.1) is 5.82 Å². The Bertz CT molecular complexity index is 1290. The van der Waals surface area contributed by atoms with Gasteiger partial charge in [0.05, 0.1) is 13.2 Å². The van der Waals surface area contributed by atoms with Crippen molar-refractivity contribution >= 4 is 11.8 Å². The summed E-state index contributed by atoms with van der Waals surface area (Å²) in [6.07, 6.45) is 1.60. The second-order valence-corrected chi connectivity index (χ2v) is 8.10. The molecule has 0 radical (unpaired) electrons. The standard InChI is InChI=1S/C25H22FN3O5/c26-17-9-7-16(8-10-17)13-27-24(31)19-14-28-15-20-29(11-4-12-33-20)25(32)21(28)23(22(19)30)34-18-5-2-1-3-6-18/h1-3,5-10,14,20H,4,11-13,15H2,(H,27,31). The van der Waals surface area contributed by atoms with Crippen molar-refractivity contribution in [3.63, 3.8) is 0 Å². The van der Waals surface area contributed by atoms with Crippen LogP contribution in [-0.2, 0) is 17.8 Å². The number of para-hydroxylation sites is 1. The number of rotatable bonds is 5. The van der Waals surface area contributed by atoms with E-state index in [0.717, 1.165) is 0 Å². The maximum Gasteiger partial charge on any atom is 0.276 e. The van der Waals surface area contributed by atoms with E-state index in [1.807, 2.05) is 0 Å². The molecule has 1 aromatic heterocycles. The number of pyridine rings is 1. The van der Waals surface area contributed by atoms with Crippen LogP contribution in [0.15, 0.2) is 65.6 Å². The van der Waals surface area contributed by atoms with E-state index < -0.39 is 17.6 Å². The molecular weight excluding hydrogens is 441 g/mol. The quantitative estimate of drug-likeness (QED) is 0.629. The number of aromatic nitrogens is 1. The minimum atomic E-state index is -0.684. The number of fused-ring (bicyclic) bond motifs is 2. The van der Waals surface area contributed by atoms with E-state index in [1.54, 1.807) is 51.9 Å². The summed E-state index contributed by atoms with van der Waals surface area (Å²) >= 11 is 0. The Labute approximate surface area is 194 Å². The van der Waals surface area contributed by atoms with Crippen LogP contribution < -0.4 is 15.5 Å². The van der Waals surface area contributed by atoms with Gasteiger partial charge in [0.25, 0.3) is 11.8 Å². The Hall–Kier alpha value is -3.98. The molecule has 2 aromatic carbocycles. The Morgan fingerprint density at radius 3 is 2.65 bits per heavy atom. The molecule has 0 aliphatic carbocycles. The van der Waals surface area contributed by atoms with Crippen LogP contribution in [-0.4, -0.2) is 40.7 Å². The first-order chi connectivity index (χ1) is 16.5. The molecule has 1 fully saturated rings. The van der Waals surface area contributed by atoms with Crippen molar-refractivity contribution in [2.24, 2.45) is 0 Å². The lowest BCUT2D eigenvalue weighted by atomic mass is 10.1. The van der Waals surface area contributed by atoms with Gasteiger partial charge in [-0.2, -0.15) is 0 Å². The van der Waals surface area contributed by atoms with Gasteiger partial charge in [0, 0.05) is 19.3 Å². The van der Waals surface area contributed by atoms with E-state index in [4.69, 9.17) is 9.47 Å². The highest BCUT2D eigenvalue weighted by atomic mass is 19.1. The van der Waals surface area contributed by atoms with E-state index in [-0.39, 0.29) is 41.8 Å². The van der Waals surface area contributed by atoms with Crippen molar-refractivity contribution < 1.29 is 23.5 Å². The Morgan fingerprint density at radius 1 is 1.12 bits per heavy atom. The zero-order valence-corrected chi connectivity index (χ0v) is 18.2. The molecule has 174 valence electrons. The molecule has 0 bridgehead atoms. The van der Waals surface area contributed by atoms with Crippen LogP contribution in [0.5, 0.6) is 11.5 Å². The summed E-state index contributed by atoms with van der Waals surface area (Å²) in [5.74, 6) is -1.21. The molecule has 0 saturated carbocycles. The summed E-state index contributed by atoms with van der Waals surface area (Å²) < 4.78 is 26.3. The molecule has 2 aliphatic rings. The van der Waals surface area contributed by atoms with Crippen molar-refractivity contribution in [1.29, 1.82) is 0 Å². The van der Waals surface area contributed by atoms with Gasteiger partial charge >= 0.3 is 0 Å². The van der Waals surface area contributed by atoms with Gasteiger partial charge in [-0.05, 0) is 36.2 Å². The maximum absolute atomic E-state index is 13.4. The zero-order valence-electron chi connectivity index (χ0n) is 18.2. The first-order valence-electron chi connectivity index (χ1n) is 11.0. The fraction of sp³-hybridized carbons (Fsp3) is 0.240. The number of amides is 2. The third kappa shape index (κ3) is 4.17. The maximum atomic E-state index is 13.4. The largest absolute Gasteiger partial charge is 0.451 e. The third-order valence-electron chi connectivity index (χ3n) is 5.83. The lowest BCUT2D eigenvalue weighted by Gasteiger charge is -2.40. The van der Waals surface area contributed by atoms with E-state index >= 15 is 0 Å². The molecule has 34 heavy (non-hydrogen) atoms. The van der Waals surface area contributed by atoms with Gasteiger partial charge in [0.1, 0.15) is 17.1 Å². The SMILES string of the molecule is O=C(NCc1ccc(F)cc1)c1cn2c(c(Oc3ccccc3)c1=O)C(=O)N1CCCOC1C2. The van der Waals surface area contributed by atoms with Crippen LogP contribution >= 0.6 is 0 Å². The van der Waals surface area contributed by atoms with Gasteiger partial charge < -0.3 is 24.3 Å². The fourth-order valence-corrected chi connectivity index (χ4v) is 4.12. The Balaban J connectivity index is 1.53. The van der Waals surface area contributed by atoms with Crippen LogP contribution in [0.3, 0.4) is 0 Å². The number of nitrogens with zero attached hydrogens (tertiary/aromatic N) is 2. The molecule has 1 unspecified atom stereocenters. The number of nitrogens with one attached hydrogen (secondary N) is 1. The second kappa shape index (κ2) is 9.11. The summed E-state index contributed by atoms with van der Waals surface area (Å²) in [7, 11) is 0. The number of ether oxygens (including phenoxy) is 2. The monoisotopic (exact) mass is 463 g/mol. The van der Waals surface area contributed by atoms with Gasteiger partial charge in [-0.15, -0.1) is 0 Å². The highest BCUT2D eigenvalue weighted by Crippen LogP contribution is 2.29. The molecule has 0 spiro atoms. The molecule has 3 aromatic rings. The van der Waals surface area contributed by atoms with Gasteiger partial charge in [-0.25, -0.2) is 4.39 Å². The van der Waals surface area contributed by atoms with Crippen LogP contribution in [0.4, 0.5) is 4.39 Å². The predicted octanol–water partition coefficient (Wildman–Crippen LogP) is 2.91. The highest BCUT2D eigenvalue weighted by Gasteiger charge is 2.38. The van der Waals surface area contributed by atoms with Crippen LogP contribution in [0.25, 0.3) is 0 Å². The lowest BCUT2D eigenvalue weighted by molar-refractivity contribution is -0.0919. The number of halogens is 1. The van der Waals surface area contributed by atoms with E-state index in [2.05, 4.69) is 5.32 Å².